The Morgan fingerprint density at radius 1 is 0.250 bits per heavy atom. The quantitative estimate of drug-likeness (QED) is 0.120. The predicted octanol–water partition coefficient (Wildman–Crippen LogP) is 12.0. The van der Waals surface area contributed by atoms with Crippen molar-refractivity contribution in [2.75, 3.05) is 0 Å². The van der Waals surface area contributed by atoms with Crippen LogP contribution in [-0.4, -0.2) is 13.4 Å². The van der Waals surface area contributed by atoms with Crippen molar-refractivity contribution in [2.24, 2.45) is 0 Å². The van der Waals surface area contributed by atoms with E-state index in [1.165, 1.54) is 187 Å². The van der Waals surface area contributed by atoms with Crippen LogP contribution < -0.4 is 32.8 Å². The molecule has 4 heterocycles. The minimum atomic E-state index is 0.157. The van der Waals surface area contributed by atoms with E-state index >= 15 is 0 Å². The monoisotopic (exact) mass is 814 g/mol. The van der Waals surface area contributed by atoms with Crippen LogP contribution in [0.25, 0.3) is 99.1 Å². The molecule has 0 spiro atoms. The van der Waals surface area contributed by atoms with Gasteiger partial charge < -0.3 is 0 Å². The summed E-state index contributed by atoms with van der Waals surface area (Å²) >= 11 is 0. The van der Waals surface area contributed by atoms with E-state index in [4.69, 9.17) is 0 Å². The zero-order valence-corrected chi connectivity index (χ0v) is 38.5. The summed E-state index contributed by atoms with van der Waals surface area (Å²) in [5.74, 6) is 0. The highest BCUT2D eigenvalue weighted by molar-refractivity contribution is 7.03. The Balaban J connectivity index is 1.27. The van der Waals surface area contributed by atoms with Crippen LogP contribution in [-0.2, 0) is 0 Å². The van der Waals surface area contributed by atoms with Crippen LogP contribution in [0.2, 0.25) is 0 Å². The molecule has 2 heteroatoms. The number of fused-ring (bicyclic) bond motifs is 10. The first-order valence-electron chi connectivity index (χ1n) is 23.4. The van der Waals surface area contributed by atoms with Gasteiger partial charge in [-0.15, -0.1) is 0 Å². The molecule has 0 radical (unpaired) electrons. The number of hydrogen-bond donors (Lipinski definition) is 0. The van der Waals surface area contributed by atoms with Gasteiger partial charge in [0, 0.05) is 0 Å². The normalized spacial score (nSPS) is 13.4. The maximum Gasteiger partial charge on any atom is 0.244 e. The molecule has 0 nitrogen and oxygen atoms in total. The lowest BCUT2D eigenvalue weighted by molar-refractivity contribution is 1.32. The molecule has 0 aromatic heterocycles. The summed E-state index contributed by atoms with van der Waals surface area (Å²) in [7, 11) is 0. The second kappa shape index (κ2) is 12.1. The molecule has 4 aliphatic heterocycles. The Labute approximate surface area is 377 Å². The van der Waals surface area contributed by atoms with Crippen LogP contribution in [0, 0.1) is 69.2 Å². The molecule has 0 amide bonds. The zero-order chi connectivity index (χ0) is 43.5. The van der Waals surface area contributed by atoms with Crippen LogP contribution in [0.1, 0.15) is 55.6 Å². The van der Waals surface area contributed by atoms with Gasteiger partial charge in [0.05, 0.1) is 0 Å². The molecule has 0 saturated heterocycles. The van der Waals surface area contributed by atoms with E-state index in [1.54, 1.807) is 0 Å². The van der Waals surface area contributed by atoms with E-state index in [1.807, 2.05) is 0 Å². The van der Waals surface area contributed by atoms with Gasteiger partial charge in [0.15, 0.2) is 0 Å². The maximum atomic E-state index is 2.69. The Morgan fingerprint density at radius 3 is 0.953 bits per heavy atom. The topological polar surface area (TPSA) is 0 Å². The Morgan fingerprint density at radius 2 is 0.578 bits per heavy atom. The van der Waals surface area contributed by atoms with Gasteiger partial charge in [-0.1, -0.05) is 152 Å². The summed E-state index contributed by atoms with van der Waals surface area (Å²) in [6.45, 7) is 23.3. The van der Waals surface area contributed by atoms with Crippen LogP contribution in [0.5, 0.6) is 0 Å². The molecule has 0 atom stereocenters. The van der Waals surface area contributed by atoms with E-state index < -0.39 is 0 Å². The molecule has 10 aromatic rings. The van der Waals surface area contributed by atoms with E-state index in [-0.39, 0.29) is 13.4 Å². The molecular formula is C62H48B2. The standard InChI is InChI=1S/C62H48B2/c1-29-11-13-51-39(19-29)47-21-33(5)23-49-43-25-41(55-35(7)15-31(3)16-36(55)8)46-28-54-58-44(50-24-34(6)22-48-40-20-30(2)12-14-52(40)64(54)62(48)50)26-42(56-37(9)17-32(4)18-38(56)10)45-27-53(63(51)61(47)49)57(43)59(46)60(45)58/h11-28H,1-10H3. The van der Waals surface area contributed by atoms with Crippen molar-refractivity contribution in [3.63, 3.8) is 0 Å². The molecule has 0 aliphatic carbocycles. The highest BCUT2D eigenvalue weighted by Gasteiger charge is 2.45. The van der Waals surface area contributed by atoms with Crippen molar-refractivity contribution in [1.29, 1.82) is 0 Å². The van der Waals surface area contributed by atoms with Crippen molar-refractivity contribution >= 4 is 78.5 Å². The fourth-order valence-corrected chi connectivity index (χ4v) is 14.2. The van der Waals surface area contributed by atoms with Crippen LogP contribution in [0.15, 0.2) is 109 Å². The molecule has 4 aliphatic rings. The van der Waals surface area contributed by atoms with Crippen molar-refractivity contribution in [2.45, 2.75) is 69.2 Å². The second-order valence-corrected chi connectivity index (χ2v) is 20.6. The van der Waals surface area contributed by atoms with Crippen LogP contribution in [0.4, 0.5) is 0 Å². The molecule has 0 unspecified atom stereocenters. The zero-order valence-electron chi connectivity index (χ0n) is 38.5. The number of aryl methyl sites for hydroxylation is 10. The van der Waals surface area contributed by atoms with Gasteiger partial charge in [0.25, 0.3) is 0 Å². The first-order valence-corrected chi connectivity index (χ1v) is 23.4. The number of hydrogen-bond acceptors (Lipinski definition) is 0. The average molecular weight is 815 g/mol. The van der Waals surface area contributed by atoms with Gasteiger partial charge in [-0.2, -0.15) is 0 Å². The largest absolute Gasteiger partial charge is 0.244 e. The van der Waals surface area contributed by atoms with Crippen molar-refractivity contribution in [3.05, 3.63) is 165 Å². The van der Waals surface area contributed by atoms with E-state index in [9.17, 15) is 0 Å². The molecule has 0 fully saturated rings. The fraction of sp³-hybridized carbons (Fsp3) is 0.161. The third kappa shape index (κ3) is 4.47. The lowest BCUT2D eigenvalue weighted by atomic mass is 9.34. The van der Waals surface area contributed by atoms with Crippen LogP contribution in [0.3, 0.4) is 0 Å². The fourth-order valence-electron chi connectivity index (χ4n) is 14.2. The minimum absolute atomic E-state index is 0.157. The summed E-state index contributed by atoms with van der Waals surface area (Å²) in [6.07, 6.45) is 0. The summed E-state index contributed by atoms with van der Waals surface area (Å²) in [6, 6.07) is 44.7. The smallest absolute Gasteiger partial charge is 0.0661 e. The first kappa shape index (κ1) is 36.8. The van der Waals surface area contributed by atoms with Gasteiger partial charge in [0.2, 0.25) is 13.4 Å². The van der Waals surface area contributed by atoms with Crippen molar-refractivity contribution in [1.82, 2.24) is 0 Å². The van der Waals surface area contributed by atoms with E-state index in [0.29, 0.717) is 0 Å². The summed E-state index contributed by atoms with van der Waals surface area (Å²) < 4.78 is 0. The molecular weight excluding hydrogens is 766 g/mol. The molecule has 14 rings (SSSR count). The van der Waals surface area contributed by atoms with E-state index in [0.717, 1.165) is 0 Å². The summed E-state index contributed by atoms with van der Waals surface area (Å²) in [5.41, 5.74) is 38.8. The van der Waals surface area contributed by atoms with Crippen molar-refractivity contribution < 1.29 is 0 Å². The third-order valence-electron chi connectivity index (χ3n) is 16.1. The lowest BCUT2D eigenvalue weighted by Crippen LogP contribution is -2.53. The molecule has 0 saturated carbocycles. The molecule has 10 aromatic carbocycles. The Kier molecular flexibility index (Phi) is 6.98. The van der Waals surface area contributed by atoms with Gasteiger partial charge >= 0.3 is 0 Å². The Hall–Kier alpha value is -6.63. The van der Waals surface area contributed by atoms with Gasteiger partial charge in [-0.3, -0.25) is 0 Å². The molecule has 302 valence electrons. The Bertz CT molecular complexity index is 3590. The summed E-state index contributed by atoms with van der Waals surface area (Å²) in [5, 5.41) is 8.55. The SMILES string of the molecule is Cc1cc(C)c(-c2cc3c4c(cc5c(-c6c(C)cc(C)cc6C)cc6c7c(cc2c4c57)B2c4ccc(C)cc4-c4cc(C)cc-6c42)B2c4ccc(C)cc4-c4cc(C)cc-3c42)c(C)c1. The van der Waals surface area contributed by atoms with Crippen molar-refractivity contribution in [3.8, 4) is 66.8 Å². The molecule has 0 N–H and O–H groups in total. The van der Waals surface area contributed by atoms with Gasteiger partial charge in [-0.05, 0) is 214 Å². The number of benzene rings is 10. The van der Waals surface area contributed by atoms with Gasteiger partial charge in [0.1, 0.15) is 0 Å². The predicted molar refractivity (Wildman–Crippen MR) is 279 cm³/mol. The third-order valence-corrected chi connectivity index (χ3v) is 16.1. The summed E-state index contributed by atoms with van der Waals surface area (Å²) in [4.78, 5) is 0. The van der Waals surface area contributed by atoms with E-state index in [2.05, 4.69) is 178 Å². The molecule has 64 heavy (non-hydrogen) atoms. The highest BCUT2D eigenvalue weighted by Crippen LogP contribution is 2.52. The van der Waals surface area contributed by atoms with Crippen LogP contribution >= 0.6 is 0 Å². The minimum Gasteiger partial charge on any atom is -0.0661 e. The average Bonchev–Trinajstić information content (AvgIpc) is 3.73. The van der Waals surface area contributed by atoms with Gasteiger partial charge in [-0.25, -0.2) is 0 Å². The maximum absolute atomic E-state index is 2.69. The molecule has 0 bridgehead atoms. The first-order chi connectivity index (χ1) is 30.8. The lowest BCUT2D eigenvalue weighted by Gasteiger charge is -2.33. The highest BCUT2D eigenvalue weighted by atomic mass is 14.4. The second-order valence-electron chi connectivity index (χ2n) is 20.6. The number of rotatable bonds is 2.